The van der Waals surface area contributed by atoms with Gasteiger partial charge in [0.2, 0.25) is 0 Å². The van der Waals surface area contributed by atoms with Crippen molar-refractivity contribution in [3.8, 4) is 0 Å². The van der Waals surface area contributed by atoms with Gasteiger partial charge in [-0.05, 0) is 38.0 Å². The summed E-state index contributed by atoms with van der Waals surface area (Å²) >= 11 is 0. The lowest BCUT2D eigenvalue weighted by atomic mass is 10.2. The van der Waals surface area contributed by atoms with Crippen LogP contribution in [0.2, 0.25) is 0 Å². The van der Waals surface area contributed by atoms with Gasteiger partial charge in [-0.15, -0.1) is 0 Å². The summed E-state index contributed by atoms with van der Waals surface area (Å²) in [5.74, 6) is 0.203. The number of benzene rings is 1. The fourth-order valence-electron chi connectivity index (χ4n) is 1.62. The molecule has 0 amide bonds. The molecule has 16 heavy (non-hydrogen) atoms. The van der Waals surface area contributed by atoms with E-state index in [1.165, 1.54) is 0 Å². The Morgan fingerprint density at radius 1 is 1.25 bits per heavy atom. The second kappa shape index (κ2) is 5.34. The van der Waals surface area contributed by atoms with Gasteiger partial charge in [0, 0.05) is 6.54 Å². The minimum atomic E-state index is -3.14. The average Bonchev–Trinajstić information content (AvgIpc) is 2.17. The Morgan fingerprint density at radius 3 is 2.50 bits per heavy atom. The van der Waals surface area contributed by atoms with E-state index in [1.54, 1.807) is 6.07 Å². The predicted octanol–water partition coefficient (Wildman–Crippen LogP) is 2.61. The van der Waals surface area contributed by atoms with Gasteiger partial charge in [0.05, 0.1) is 16.3 Å². The monoisotopic (exact) mass is 241 g/mol. The highest BCUT2D eigenvalue weighted by Gasteiger charge is 2.17. The lowest BCUT2D eigenvalue weighted by Gasteiger charge is -2.11. The molecule has 0 aliphatic rings. The average molecular weight is 241 g/mol. The third-order valence-corrected chi connectivity index (χ3v) is 4.28. The first kappa shape index (κ1) is 13.0. The van der Waals surface area contributed by atoms with Crippen molar-refractivity contribution in [2.75, 3.05) is 17.6 Å². The zero-order chi connectivity index (χ0) is 12.2. The van der Waals surface area contributed by atoms with Crippen LogP contribution in [0, 0.1) is 6.92 Å². The van der Waals surface area contributed by atoms with Gasteiger partial charge < -0.3 is 5.32 Å². The lowest BCUT2D eigenvalue weighted by Crippen LogP contribution is -2.10. The van der Waals surface area contributed by atoms with E-state index in [-0.39, 0.29) is 5.75 Å². The SMILES string of the molecule is CCCS(=O)(=O)c1ccc(C)cc1NCC. The molecular weight excluding hydrogens is 222 g/mol. The minimum absolute atomic E-state index is 0.203. The lowest BCUT2D eigenvalue weighted by molar-refractivity contribution is 0.595. The molecule has 1 rings (SSSR count). The number of rotatable bonds is 5. The molecule has 1 aromatic rings. The van der Waals surface area contributed by atoms with E-state index in [4.69, 9.17) is 0 Å². The fourth-order valence-corrected chi connectivity index (χ4v) is 3.12. The summed E-state index contributed by atoms with van der Waals surface area (Å²) in [6.45, 7) is 6.51. The maximum atomic E-state index is 12.0. The van der Waals surface area contributed by atoms with Crippen molar-refractivity contribution < 1.29 is 8.42 Å². The van der Waals surface area contributed by atoms with E-state index in [2.05, 4.69) is 5.32 Å². The van der Waals surface area contributed by atoms with Crippen molar-refractivity contribution >= 4 is 15.5 Å². The molecule has 0 fully saturated rings. The molecule has 0 bridgehead atoms. The molecule has 0 unspecified atom stereocenters. The first-order valence-electron chi connectivity index (χ1n) is 5.58. The molecule has 0 spiro atoms. The summed E-state index contributed by atoms with van der Waals surface area (Å²) in [5, 5.41) is 3.10. The minimum Gasteiger partial charge on any atom is -0.384 e. The highest BCUT2D eigenvalue weighted by Crippen LogP contribution is 2.24. The zero-order valence-corrected chi connectivity index (χ0v) is 10.9. The van der Waals surface area contributed by atoms with E-state index in [0.29, 0.717) is 11.3 Å². The Hall–Kier alpha value is -1.03. The van der Waals surface area contributed by atoms with Crippen LogP contribution in [0.15, 0.2) is 23.1 Å². The summed E-state index contributed by atoms with van der Waals surface area (Å²) in [5.41, 5.74) is 1.78. The van der Waals surface area contributed by atoms with Crippen molar-refractivity contribution in [2.45, 2.75) is 32.1 Å². The van der Waals surface area contributed by atoms with Crippen molar-refractivity contribution in [1.82, 2.24) is 0 Å². The third-order valence-electron chi connectivity index (χ3n) is 2.31. The topological polar surface area (TPSA) is 46.2 Å². The van der Waals surface area contributed by atoms with Gasteiger partial charge in [0.15, 0.2) is 9.84 Å². The summed E-state index contributed by atoms with van der Waals surface area (Å²) in [6.07, 6.45) is 0.641. The highest BCUT2D eigenvalue weighted by molar-refractivity contribution is 7.91. The second-order valence-electron chi connectivity index (χ2n) is 3.85. The molecule has 0 heterocycles. The summed E-state index contributed by atoms with van der Waals surface area (Å²) in [6, 6.07) is 5.41. The van der Waals surface area contributed by atoms with Gasteiger partial charge in [-0.25, -0.2) is 8.42 Å². The highest BCUT2D eigenvalue weighted by atomic mass is 32.2. The fraction of sp³-hybridized carbons (Fsp3) is 0.500. The molecule has 1 N–H and O–H groups in total. The molecule has 0 aliphatic carbocycles. The van der Waals surface area contributed by atoms with E-state index in [9.17, 15) is 8.42 Å². The van der Waals surface area contributed by atoms with E-state index in [0.717, 1.165) is 17.8 Å². The van der Waals surface area contributed by atoms with Crippen LogP contribution in [0.1, 0.15) is 25.8 Å². The van der Waals surface area contributed by atoms with Crippen LogP contribution in [0.5, 0.6) is 0 Å². The van der Waals surface area contributed by atoms with Gasteiger partial charge >= 0.3 is 0 Å². The third kappa shape index (κ3) is 2.98. The quantitative estimate of drug-likeness (QED) is 0.862. The molecule has 4 heteroatoms. The van der Waals surface area contributed by atoms with Crippen molar-refractivity contribution in [1.29, 1.82) is 0 Å². The Kier molecular flexibility index (Phi) is 4.35. The van der Waals surface area contributed by atoms with Crippen LogP contribution in [0.3, 0.4) is 0 Å². The van der Waals surface area contributed by atoms with Crippen LogP contribution in [-0.2, 0) is 9.84 Å². The van der Waals surface area contributed by atoms with Crippen molar-refractivity contribution in [3.63, 3.8) is 0 Å². The van der Waals surface area contributed by atoms with E-state index < -0.39 is 9.84 Å². The van der Waals surface area contributed by atoms with Crippen LogP contribution in [0.25, 0.3) is 0 Å². The Bertz CT molecular complexity index is 452. The van der Waals surface area contributed by atoms with E-state index >= 15 is 0 Å². The van der Waals surface area contributed by atoms with Crippen LogP contribution >= 0.6 is 0 Å². The first-order chi connectivity index (χ1) is 7.51. The molecule has 0 aromatic heterocycles. The number of sulfone groups is 1. The van der Waals surface area contributed by atoms with Crippen molar-refractivity contribution in [2.24, 2.45) is 0 Å². The zero-order valence-electron chi connectivity index (χ0n) is 10.1. The van der Waals surface area contributed by atoms with Gasteiger partial charge in [0.25, 0.3) is 0 Å². The Morgan fingerprint density at radius 2 is 1.94 bits per heavy atom. The molecule has 90 valence electrons. The molecule has 0 saturated heterocycles. The molecule has 1 aromatic carbocycles. The number of hydrogen-bond acceptors (Lipinski definition) is 3. The molecular formula is C12H19NO2S. The predicted molar refractivity (Wildman–Crippen MR) is 67.7 cm³/mol. The molecule has 0 aliphatic heterocycles. The van der Waals surface area contributed by atoms with Crippen LogP contribution in [0.4, 0.5) is 5.69 Å². The van der Waals surface area contributed by atoms with Crippen LogP contribution in [-0.4, -0.2) is 20.7 Å². The van der Waals surface area contributed by atoms with E-state index in [1.807, 2.05) is 32.9 Å². The molecule has 3 nitrogen and oxygen atoms in total. The second-order valence-corrected chi connectivity index (χ2v) is 5.93. The molecule has 0 radical (unpaired) electrons. The molecule has 0 saturated carbocycles. The van der Waals surface area contributed by atoms with Crippen molar-refractivity contribution in [3.05, 3.63) is 23.8 Å². The number of nitrogens with one attached hydrogen (secondary N) is 1. The summed E-state index contributed by atoms with van der Waals surface area (Å²) in [7, 11) is -3.14. The van der Waals surface area contributed by atoms with Gasteiger partial charge in [-0.3, -0.25) is 0 Å². The Balaban J connectivity index is 3.22. The van der Waals surface area contributed by atoms with Gasteiger partial charge in [0.1, 0.15) is 0 Å². The molecule has 0 atom stereocenters. The number of hydrogen-bond donors (Lipinski definition) is 1. The first-order valence-corrected chi connectivity index (χ1v) is 7.23. The number of anilines is 1. The van der Waals surface area contributed by atoms with Gasteiger partial charge in [-0.2, -0.15) is 0 Å². The Labute approximate surface area is 97.8 Å². The van der Waals surface area contributed by atoms with Crippen LogP contribution < -0.4 is 5.32 Å². The summed E-state index contributed by atoms with van der Waals surface area (Å²) in [4.78, 5) is 0.418. The largest absolute Gasteiger partial charge is 0.384 e. The maximum absolute atomic E-state index is 12.0. The number of aryl methyl sites for hydroxylation is 1. The normalized spacial score (nSPS) is 11.4. The smallest absolute Gasteiger partial charge is 0.180 e. The maximum Gasteiger partial charge on any atom is 0.180 e. The standard InChI is InChI=1S/C12H19NO2S/c1-4-8-16(14,15)12-7-6-10(3)9-11(12)13-5-2/h6-7,9,13H,4-5,8H2,1-3H3. The summed E-state index contributed by atoms with van der Waals surface area (Å²) < 4.78 is 24.0. The van der Waals surface area contributed by atoms with Gasteiger partial charge in [-0.1, -0.05) is 13.0 Å².